The van der Waals surface area contributed by atoms with Gasteiger partial charge in [-0.3, -0.25) is 0 Å². The monoisotopic (exact) mass is 299 g/mol. The number of rotatable bonds is 3. The van der Waals surface area contributed by atoms with Gasteiger partial charge >= 0.3 is 0 Å². The van der Waals surface area contributed by atoms with Gasteiger partial charge < -0.3 is 15.2 Å². The van der Waals surface area contributed by atoms with E-state index in [1.54, 1.807) is 14.2 Å². The van der Waals surface area contributed by atoms with Crippen LogP contribution in [-0.2, 0) is 5.54 Å². The molecule has 17 heavy (non-hydrogen) atoms. The summed E-state index contributed by atoms with van der Waals surface area (Å²) in [5, 5.41) is 0. The van der Waals surface area contributed by atoms with Gasteiger partial charge in [0.15, 0.2) is 11.5 Å². The topological polar surface area (TPSA) is 44.5 Å². The smallest absolute Gasteiger partial charge is 0.161 e. The van der Waals surface area contributed by atoms with Crippen LogP contribution in [0.2, 0.25) is 0 Å². The zero-order chi connectivity index (χ0) is 12.5. The summed E-state index contributed by atoms with van der Waals surface area (Å²) in [7, 11) is 3.28. The van der Waals surface area contributed by atoms with E-state index in [-0.39, 0.29) is 5.54 Å². The summed E-state index contributed by atoms with van der Waals surface area (Å²) >= 11 is 3.58. The second kappa shape index (κ2) is 4.86. The van der Waals surface area contributed by atoms with Crippen LogP contribution in [-0.4, -0.2) is 14.2 Å². The average Bonchev–Trinajstić information content (AvgIpc) is 2.76. The van der Waals surface area contributed by atoms with Crippen molar-refractivity contribution in [3.8, 4) is 11.5 Å². The fourth-order valence-corrected chi connectivity index (χ4v) is 3.23. The molecular formula is C13H18BrNO2. The number of ether oxygens (including phenoxy) is 2. The molecule has 1 aromatic rings. The quantitative estimate of drug-likeness (QED) is 0.932. The molecule has 0 spiro atoms. The lowest BCUT2D eigenvalue weighted by Crippen LogP contribution is -2.33. The molecule has 0 unspecified atom stereocenters. The third-order valence-electron chi connectivity index (χ3n) is 3.51. The van der Waals surface area contributed by atoms with E-state index >= 15 is 0 Å². The summed E-state index contributed by atoms with van der Waals surface area (Å²) in [6, 6.07) is 3.93. The van der Waals surface area contributed by atoms with E-state index < -0.39 is 0 Å². The molecule has 0 radical (unpaired) electrons. The second-order valence-electron chi connectivity index (χ2n) is 4.55. The molecule has 0 heterocycles. The van der Waals surface area contributed by atoms with Gasteiger partial charge in [0.1, 0.15) is 0 Å². The van der Waals surface area contributed by atoms with E-state index in [9.17, 15) is 0 Å². The summed E-state index contributed by atoms with van der Waals surface area (Å²) in [4.78, 5) is 0. The van der Waals surface area contributed by atoms with E-state index in [4.69, 9.17) is 15.2 Å². The molecule has 0 saturated heterocycles. The molecule has 1 fully saturated rings. The van der Waals surface area contributed by atoms with Gasteiger partial charge in [-0.05, 0) is 30.5 Å². The third-order valence-corrected chi connectivity index (χ3v) is 4.16. The highest BCUT2D eigenvalue weighted by Gasteiger charge is 2.33. The predicted molar refractivity (Wildman–Crippen MR) is 71.6 cm³/mol. The van der Waals surface area contributed by atoms with Crippen LogP contribution in [0.4, 0.5) is 0 Å². The van der Waals surface area contributed by atoms with Gasteiger partial charge in [0, 0.05) is 10.0 Å². The SMILES string of the molecule is COc1cc(Br)c(C2(N)CCCC2)cc1OC. The summed E-state index contributed by atoms with van der Waals surface area (Å²) in [5.41, 5.74) is 7.36. The average molecular weight is 300 g/mol. The van der Waals surface area contributed by atoms with Crippen molar-refractivity contribution in [3.63, 3.8) is 0 Å². The number of benzene rings is 1. The minimum Gasteiger partial charge on any atom is -0.493 e. The Hall–Kier alpha value is -0.740. The maximum atomic E-state index is 6.47. The first kappa shape index (κ1) is 12.7. The Kier molecular flexibility index (Phi) is 3.64. The molecule has 1 aliphatic carbocycles. The summed E-state index contributed by atoms with van der Waals surface area (Å²) in [6.45, 7) is 0. The Morgan fingerprint density at radius 1 is 1.12 bits per heavy atom. The molecule has 94 valence electrons. The Labute approximate surface area is 110 Å². The van der Waals surface area contributed by atoms with Gasteiger partial charge in [-0.15, -0.1) is 0 Å². The highest BCUT2D eigenvalue weighted by Crippen LogP contribution is 2.43. The predicted octanol–water partition coefficient (Wildman–Crippen LogP) is 3.19. The number of nitrogens with two attached hydrogens (primary N) is 1. The largest absolute Gasteiger partial charge is 0.493 e. The van der Waals surface area contributed by atoms with E-state index in [2.05, 4.69) is 15.9 Å². The zero-order valence-corrected chi connectivity index (χ0v) is 11.8. The molecule has 2 N–H and O–H groups in total. The van der Waals surface area contributed by atoms with Gasteiger partial charge in [0.2, 0.25) is 0 Å². The number of hydrogen-bond acceptors (Lipinski definition) is 3. The second-order valence-corrected chi connectivity index (χ2v) is 5.40. The Morgan fingerprint density at radius 2 is 1.65 bits per heavy atom. The van der Waals surface area contributed by atoms with Crippen LogP contribution in [0, 0.1) is 0 Å². The zero-order valence-electron chi connectivity index (χ0n) is 10.3. The van der Waals surface area contributed by atoms with Crippen LogP contribution in [0.1, 0.15) is 31.2 Å². The fraction of sp³-hybridized carbons (Fsp3) is 0.538. The Morgan fingerprint density at radius 3 is 2.18 bits per heavy atom. The molecule has 1 aromatic carbocycles. The van der Waals surface area contributed by atoms with Crippen molar-refractivity contribution >= 4 is 15.9 Å². The van der Waals surface area contributed by atoms with Gasteiger partial charge in [-0.2, -0.15) is 0 Å². The van der Waals surface area contributed by atoms with Gasteiger partial charge in [-0.1, -0.05) is 28.8 Å². The van der Waals surface area contributed by atoms with E-state index in [0.717, 1.165) is 34.4 Å². The van der Waals surface area contributed by atoms with Crippen LogP contribution < -0.4 is 15.2 Å². The minimum atomic E-state index is -0.224. The molecule has 0 atom stereocenters. The highest BCUT2D eigenvalue weighted by atomic mass is 79.9. The molecular weight excluding hydrogens is 282 g/mol. The first-order valence-electron chi connectivity index (χ1n) is 5.81. The van der Waals surface area contributed by atoms with Crippen molar-refractivity contribution in [3.05, 3.63) is 22.2 Å². The van der Waals surface area contributed by atoms with Crippen LogP contribution in [0.25, 0.3) is 0 Å². The molecule has 0 bridgehead atoms. The van der Waals surface area contributed by atoms with E-state index in [1.165, 1.54) is 12.8 Å². The molecule has 2 rings (SSSR count). The van der Waals surface area contributed by atoms with E-state index in [1.807, 2.05) is 12.1 Å². The lowest BCUT2D eigenvalue weighted by atomic mass is 9.89. The van der Waals surface area contributed by atoms with Crippen LogP contribution in [0.3, 0.4) is 0 Å². The first-order chi connectivity index (χ1) is 8.10. The first-order valence-corrected chi connectivity index (χ1v) is 6.61. The van der Waals surface area contributed by atoms with Crippen molar-refractivity contribution in [2.75, 3.05) is 14.2 Å². The van der Waals surface area contributed by atoms with Gasteiger partial charge in [0.05, 0.1) is 14.2 Å². The van der Waals surface area contributed by atoms with Crippen molar-refractivity contribution in [1.29, 1.82) is 0 Å². The standard InChI is InChI=1S/C13H18BrNO2/c1-16-11-7-9(10(14)8-12(11)17-2)13(15)5-3-4-6-13/h7-8H,3-6,15H2,1-2H3. The van der Waals surface area contributed by atoms with Gasteiger partial charge in [0.25, 0.3) is 0 Å². The van der Waals surface area contributed by atoms with Crippen molar-refractivity contribution < 1.29 is 9.47 Å². The number of halogens is 1. The fourth-order valence-electron chi connectivity index (χ4n) is 2.51. The summed E-state index contributed by atoms with van der Waals surface area (Å²) in [6.07, 6.45) is 4.44. The van der Waals surface area contributed by atoms with Crippen molar-refractivity contribution in [2.45, 2.75) is 31.2 Å². The normalized spacial score (nSPS) is 18.1. The molecule has 1 aliphatic rings. The number of methoxy groups -OCH3 is 2. The molecule has 0 aliphatic heterocycles. The van der Waals surface area contributed by atoms with Gasteiger partial charge in [-0.25, -0.2) is 0 Å². The molecule has 4 heteroatoms. The summed E-state index contributed by atoms with van der Waals surface area (Å²) < 4.78 is 11.6. The minimum absolute atomic E-state index is 0.224. The Bertz CT molecular complexity index is 414. The van der Waals surface area contributed by atoms with E-state index in [0.29, 0.717) is 0 Å². The Balaban J connectivity index is 2.47. The lowest BCUT2D eigenvalue weighted by Gasteiger charge is -2.26. The third kappa shape index (κ3) is 2.29. The summed E-state index contributed by atoms with van der Waals surface area (Å²) in [5.74, 6) is 1.46. The van der Waals surface area contributed by atoms with Crippen LogP contribution >= 0.6 is 15.9 Å². The molecule has 3 nitrogen and oxygen atoms in total. The van der Waals surface area contributed by atoms with Crippen LogP contribution in [0.5, 0.6) is 11.5 Å². The highest BCUT2D eigenvalue weighted by molar-refractivity contribution is 9.10. The van der Waals surface area contributed by atoms with Crippen molar-refractivity contribution in [1.82, 2.24) is 0 Å². The number of hydrogen-bond donors (Lipinski definition) is 1. The maximum absolute atomic E-state index is 6.47. The molecule has 0 aromatic heterocycles. The maximum Gasteiger partial charge on any atom is 0.161 e. The molecule has 0 amide bonds. The lowest BCUT2D eigenvalue weighted by molar-refractivity contribution is 0.351. The van der Waals surface area contributed by atoms with Crippen molar-refractivity contribution in [2.24, 2.45) is 5.73 Å². The molecule has 1 saturated carbocycles. The van der Waals surface area contributed by atoms with Crippen LogP contribution in [0.15, 0.2) is 16.6 Å².